The van der Waals surface area contributed by atoms with Crippen molar-refractivity contribution in [3.8, 4) is 0 Å². The molecule has 1 aromatic heterocycles. The summed E-state index contributed by atoms with van der Waals surface area (Å²) in [7, 11) is 0. The highest BCUT2D eigenvalue weighted by atomic mass is 35.5. The van der Waals surface area contributed by atoms with Crippen molar-refractivity contribution in [3.63, 3.8) is 0 Å². The molecule has 0 atom stereocenters. The van der Waals surface area contributed by atoms with Crippen molar-refractivity contribution in [2.24, 2.45) is 0 Å². The third kappa shape index (κ3) is 4.03. The number of halogens is 1. The van der Waals surface area contributed by atoms with Crippen molar-refractivity contribution >= 4 is 11.6 Å². The number of aromatic nitrogens is 1. The van der Waals surface area contributed by atoms with Crippen molar-refractivity contribution in [1.29, 1.82) is 0 Å². The molecule has 3 rings (SSSR count). The Labute approximate surface area is 131 Å². The molecule has 1 aromatic carbocycles. The Hall–Kier alpha value is -1.42. The summed E-state index contributed by atoms with van der Waals surface area (Å²) in [6.07, 6.45) is 3.77. The van der Waals surface area contributed by atoms with Gasteiger partial charge in [0.25, 0.3) is 0 Å². The average Bonchev–Trinajstić information content (AvgIpc) is 2.52. The van der Waals surface area contributed by atoms with Crippen LogP contribution in [-0.2, 0) is 13.1 Å². The highest BCUT2D eigenvalue weighted by molar-refractivity contribution is 6.31. The third-order valence-electron chi connectivity index (χ3n) is 4.27. The number of quaternary nitrogens is 2. The predicted octanol–water partition coefficient (Wildman–Crippen LogP) is 0.219. The van der Waals surface area contributed by atoms with Gasteiger partial charge in [0.1, 0.15) is 39.3 Å². The molecule has 0 aliphatic carbocycles. The predicted molar refractivity (Wildman–Crippen MR) is 84.5 cm³/mol. The molecule has 21 heavy (non-hydrogen) atoms. The van der Waals surface area contributed by atoms with Gasteiger partial charge in [-0.2, -0.15) is 0 Å². The topological polar surface area (TPSA) is 21.8 Å². The van der Waals surface area contributed by atoms with Crippen LogP contribution in [0.4, 0.5) is 0 Å². The third-order valence-corrected chi connectivity index (χ3v) is 4.63. The van der Waals surface area contributed by atoms with E-state index >= 15 is 0 Å². The molecule has 2 heterocycles. The van der Waals surface area contributed by atoms with E-state index in [-0.39, 0.29) is 0 Å². The monoisotopic (exact) mass is 303 g/mol. The largest absolute Gasteiger partial charge is 0.322 e. The Bertz CT molecular complexity index is 565. The van der Waals surface area contributed by atoms with E-state index in [4.69, 9.17) is 11.6 Å². The summed E-state index contributed by atoms with van der Waals surface area (Å²) in [5.41, 5.74) is 2.65. The van der Waals surface area contributed by atoms with Crippen molar-refractivity contribution < 1.29 is 9.80 Å². The Morgan fingerprint density at radius 1 is 0.857 bits per heavy atom. The van der Waals surface area contributed by atoms with Crippen LogP contribution >= 0.6 is 11.6 Å². The van der Waals surface area contributed by atoms with E-state index in [1.807, 2.05) is 24.5 Å². The summed E-state index contributed by atoms with van der Waals surface area (Å²) in [5.74, 6) is 0. The van der Waals surface area contributed by atoms with E-state index in [0.29, 0.717) is 0 Å². The highest BCUT2D eigenvalue weighted by Gasteiger charge is 2.23. The lowest BCUT2D eigenvalue weighted by Gasteiger charge is -2.30. The number of nitrogens with zero attached hydrogens (tertiary/aromatic N) is 1. The Morgan fingerprint density at radius 3 is 2.14 bits per heavy atom. The molecule has 2 aromatic rings. The highest BCUT2D eigenvalue weighted by Crippen LogP contribution is 2.13. The SMILES string of the molecule is Clc1ccccc1C[NH+]1CC[NH+](Cc2ccncc2)CC1. The smallest absolute Gasteiger partial charge is 0.127 e. The van der Waals surface area contributed by atoms with Gasteiger partial charge in [-0.1, -0.05) is 29.8 Å². The van der Waals surface area contributed by atoms with Crippen molar-refractivity contribution in [1.82, 2.24) is 4.98 Å². The van der Waals surface area contributed by atoms with Gasteiger partial charge < -0.3 is 9.80 Å². The minimum atomic E-state index is 0.900. The molecular weight excluding hydrogens is 282 g/mol. The van der Waals surface area contributed by atoms with E-state index in [9.17, 15) is 0 Å². The lowest BCUT2D eigenvalue weighted by atomic mass is 10.2. The maximum Gasteiger partial charge on any atom is 0.127 e. The molecule has 0 saturated carbocycles. The van der Waals surface area contributed by atoms with E-state index < -0.39 is 0 Å². The molecule has 1 saturated heterocycles. The van der Waals surface area contributed by atoms with Gasteiger partial charge in [-0.3, -0.25) is 4.98 Å². The van der Waals surface area contributed by atoms with Gasteiger partial charge in [-0.25, -0.2) is 0 Å². The van der Waals surface area contributed by atoms with Crippen LogP contribution in [0.1, 0.15) is 11.1 Å². The molecule has 0 amide bonds. The van der Waals surface area contributed by atoms with Gasteiger partial charge in [0, 0.05) is 28.5 Å². The van der Waals surface area contributed by atoms with E-state index in [0.717, 1.165) is 18.1 Å². The number of nitrogens with one attached hydrogen (secondary N) is 2. The van der Waals surface area contributed by atoms with Crippen LogP contribution in [-0.4, -0.2) is 31.2 Å². The molecule has 110 valence electrons. The standard InChI is InChI=1S/C17H20ClN3/c18-17-4-2-1-3-16(17)14-21-11-9-20(10-12-21)13-15-5-7-19-8-6-15/h1-8H,9-14H2/p+2. The van der Waals surface area contributed by atoms with E-state index in [2.05, 4.69) is 29.2 Å². The molecule has 0 unspecified atom stereocenters. The quantitative estimate of drug-likeness (QED) is 0.829. The maximum absolute atomic E-state index is 6.26. The minimum Gasteiger partial charge on any atom is -0.322 e. The van der Waals surface area contributed by atoms with Crippen LogP contribution in [0.25, 0.3) is 0 Å². The first-order valence-corrected chi connectivity index (χ1v) is 7.98. The zero-order chi connectivity index (χ0) is 14.5. The fourth-order valence-electron chi connectivity index (χ4n) is 3.01. The molecular formula is C17H22ClN3+2. The maximum atomic E-state index is 6.26. The van der Waals surface area contributed by atoms with Gasteiger partial charge in [-0.05, 0) is 18.2 Å². The molecule has 0 spiro atoms. The second-order valence-corrected chi connectivity index (χ2v) is 6.21. The number of benzene rings is 1. The van der Waals surface area contributed by atoms with Crippen molar-refractivity contribution in [2.45, 2.75) is 13.1 Å². The van der Waals surface area contributed by atoms with Crippen LogP contribution in [0.15, 0.2) is 48.8 Å². The van der Waals surface area contributed by atoms with Gasteiger partial charge in [0.2, 0.25) is 0 Å². The first-order valence-electron chi connectivity index (χ1n) is 7.61. The number of rotatable bonds is 4. The second-order valence-electron chi connectivity index (χ2n) is 5.80. The summed E-state index contributed by atoms with van der Waals surface area (Å²) < 4.78 is 0. The van der Waals surface area contributed by atoms with Gasteiger partial charge in [0.05, 0.1) is 0 Å². The molecule has 0 bridgehead atoms. The Kier molecular flexibility index (Phi) is 4.86. The summed E-state index contributed by atoms with van der Waals surface area (Å²) in [6.45, 7) is 7.03. The molecule has 0 radical (unpaired) electrons. The van der Waals surface area contributed by atoms with E-state index in [1.54, 1.807) is 9.80 Å². The Balaban J connectivity index is 1.50. The minimum absolute atomic E-state index is 0.900. The first-order chi connectivity index (χ1) is 10.3. The van der Waals surface area contributed by atoms with Crippen LogP contribution in [0, 0.1) is 0 Å². The fraction of sp³-hybridized carbons (Fsp3) is 0.353. The summed E-state index contributed by atoms with van der Waals surface area (Å²) in [5, 5.41) is 0.900. The number of hydrogen-bond acceptors (Lipinski definition) is 1. The van der Waals surface area contributed by atoms with Gasteiger partial charge in [0.15, 0.2) is 0 Å². The van der Waals surface area contributed by atoms with Crippen LogP contribution < -0.4 is 9.80 Å². The molecule has 1 fully saturated rings. The summed E-state index contributed by atoms with van der Waals surface area (Å²) in [6, 6.07) is 12.4. The van der Waals surface area contributed by atoms with E-state index in [1.165, 1.54) is 37.3 Å². The summed E-state index contributed by atoms with van der Waals surface area (Å²) >= 11 is 6.26. The van der Waals surface area contributed by atoms with Crippen molar-refractivity contribution in [3.05, 3.63) is 64.9 Å². The first kappa shape index (κ1) is 14.5. The van der Waals surface area contributed by atoms with Gasteiger partial charge in [-0.15, -0.1) is 0 Å². The number of piperazine rings is 1. The number of pyridine rings is 1. The lowest BCUT2D eigenvalue weighted by Crippen LogP contribution is -3.27. The average molecular weight is 304 g/mol. The van der Waals surface area contributed by atoms with Crippen LogP contribution in [0.3, 0.4) is 0 Å². The Morgan fingerprint density at radius 2 is 1.48 bits per heavy atom. The fourth-order valence-corrected chi connectivity index (χ4v) is 3.21. The molecule has 1 aliphatic heterocycles. The zero-order valence-corrected chi connectivity index (χ0v) is 12.9. The van der Waals surface area contributed by atoms with Crippen molar-refractivity contribution in [2.75, 3.05) is 26.2 Å². The molecule has 3 nitrogen and oxygen atoms in total. The van der Waals surface area contributed by atoms with Crippen LogP contribution in [0.5, 0.6) is 0 Å². The molecule has 4 heteroatoms. The molecule has 2 N–H and O–H groups in total. The number of hydrogen-bond donors (Lipinski definition) is 2. The lowest BCUT2D eigenvalue weighted by molar-refractivity contribution is -1.02. The second kappa shape index (κ2) is 7.03. The molecule has 1 aliphatic rings. The summed E-state index contributed by atoms with van der Waals surface area (Å²) in [4.78, 5) is 7.39. The van der Waals surface area contributed by atoms with Gasteiger partial charge >= 0.3 is 0 Å². The zero-order valence-electron chi connectivity index (χ0n) is 12.2. The van der Waals surface area contributed by atoms with Crippen LogP contribution in [0.2, 0.25) is 5.02 Å². The normalized spacial score (nSPS) is 22.1.